The first-order valence-corrected chi connectivity index (χ1v) is 7.38. The molecule has 0 amide bonds. The van der Waals surface area contributed by atoms with Gasteiger partial charge in [0.1, 0.15) is 0 Å². The Labute approximate surface area is 106 Å². The molecule has 3 heteroatoms. The van der Waals surface area contributed by atoms with Crippen LogP contribution in [0.3, 0.4) is 0 Å². The van der Waals surface area contributed by atoms with E-state index in [1.807, 2.05) is 0 Å². The van der Waals surface area contributed by atoms with Crippen molar-refractivity contribution < 1.29 is 4.74 Å². The quantitative estimate of drug-likeness (QED) is 0.696. The third-order valence-electron chi connectivity index (χ3n) is 4.48. The van der Waals surface area contributed by atoms with Gasteiger partial charge in [-0.05, 0) is 57.0 Å². The Bertz CT molecular complexity index is 208. The van der Waals surface area contributed by atoms with Gasteiger partial charge in [0, 0.05) is 19.7 Å². The van der Waals surface area contributed by atoms with E-state index in [2.05, 4.69) is 17.6 Å². The van der Waals surface area contributed by atoms with Crippen LogP contribution in [0.25, 0.3) is 0 Å². The maximum atomic E-state index is 5.64. The van der Waals surface area contributed by atoms with Crippen LogP contribution in [0.5, 0.6) is 0 Å². The van der Waals surface area contributed by atoms with Gasteiger partial charge in [0.05, 0.1) is 6.10 Å². The molecule has 0 spiro atoms. The third-order valence-corrected chi connectivity index (χ3v) is 4.48. The Balaban J connectivity index is 1.61. The van der Waals surface area contributed by atoms with E-state index in [1.165, 1.54) is 58.2 Å². The highest BCUT2D eigenvalue weighted by Crippen LogP contribution is 2.29. The summed E-state index contributed by atoms with van der Waals surface area (Å²) in [6.07, 6.45) is 8.24. The Kier molecular flexibility index (Phi) is 5.26. The molecule has 2 aliphatic heterocycles. The van der Waals surface area contributed by atoms with Crippen LogP contribution in [0.15, 0.2) is 0 Å². The summed E-state index contributed by atoms with van der Waals surface area (Å²) in [5.74, 6) is 0. The summed E-state index contributed by atoms with van der Waals surface area (Å²) in [7, 11) is 0. The highest BCUT2D eigenvalue weighted by molar-refractivity contribution is 4.86. The highest BCUT2D eigenvalue weighted by Gasteiger charge is 2.29. The van der Waals surface area contributed by atoms with Crippen LogP contribution >= 0.6 is 0 Å². The smallest absolute Gasteiger partial charge is 0.0588 e. The monoisotopic (exact) mass is 240 g/mol. The zero-order chi connectivity index (χ0) is 12.0. The second-order valence-electron chi connectivity index (χ2n) is 5.73. The molecule has 0 bridgehead atoms. The van der Waals surface area contributed by atoms with Crippen LogP contribution in [-0.4, -0.2) is 38.9 Å². The summed E-state index contributed by atoms with van der Waals surface area (Å²) in [5.41, 5.74) is 0.509. The zero-order valence-electron chi connectivity index (χ0n) is 11.3. The van der Waals surface area contributed by atoms with Crippen molar-refractivity contribution in [2.75, 3.05) is 32.8 Å². The molecule has 3 nitrogen and oxygen atoms in total. The molecule has 100 valence electrons. The normalized spacial score (nSPS) is 34.1. The summed E-state index contributed by atoms with van der Waals surface area (Å²) in [5, 5.41) is 7.20. The molecular weight excluding hydrogens is 212 g/mol. The summed E-state index contributed by atoms with van der Waals surface area (Å²) < 4.78 is 5.64. The second kappa shape index (κ2) is 6.72. The van der Waals surface area contributed by atoms with E-state index >= 15 is 0 Å². The average Bonchev–Trinajstić information content (AvgIpc) is 2.89. The van der Waals surface area contributed by atoms with Gasteiger partial charge in [0.25, 0.3) is 0 Å². The fraction of sp³-hybridized carbons (Fsp3) is 1.00. The molecule has 2 unspecified atom stereocenters. The first kappa shape index (κ1) is 13.3. The van der Waals surface area contributed by atoms with Crippen LogP contribution in [0.4, 0.5) is 0 Å². The minimum Gasteiger partial charge on any atom is -0.378 e. The Morgan fingerprint density at radius 1 is 1.41 bits per heavy atom. The molecule has 2 atom stereocenters. The molecule has 0 aromatic heterocycles. The first-order chi connectivity index (χ1) is 8.35. The number of rotatable bonds is 6. The maximum Gasteiger partial charge on any atom is 0.0588 e. The fourth-order valence-corrected chi connectivity index (χ4v) is 3.10. The Hall–Kier alpha value is -0.120. The van der Waals surface area contributed by atoms with Crippen molar-refractivity contribution >= 4 is 0 Å². The van der Waals surface area contributed by atoms with Crippen molar-refractivity contribution in [3.8, 4) is 0 Å². The molecule has 17 heavy (non-hydrogen) atoms. The Morgan fingerprint density at radius 2 is 2.35 bits per heavy atom. The SMILES string of the molecule is CCC1(CNCCC2CCCO2)CCCNC1. The van der Waals surface area contributed by atoms with Gasteiger partial charge in [-0.1, -0.05) is 6.92 Å². The maximum absolute atomic E-state index is 5.64. The fourth-order valence-electron chi connectivity index (χ4n) is 3.10. The molecule has 2 aliphatic rings. The number of hydrogen-bond acceptors (Lipinski definition) is 3. The van der Waals surface area contributed by atoms with E-state index in [0.717, 1.165) is 13.2 Å². The molecule has 2 rings (SSSR count). The lowest BCUT2D eigenvalue weighted by Gasteiger charge is -2.37. The summed E-state index contributed by atoms with van der Waals surface area (Å²) in [4.78, 5) is 0. The topological polar surface area (TPSA) is 33.3 Å². The molecule has 0 radical (unpaired) electrons. The lowest BCUT2D eigenvalue weighted by Crippen LogP contribution is -2.46. The lowest BCUT2D eigenvalue weighted by molar-refractivity contribution is 0.102. The van der Waals surface area contributed by atoms with Gasteiger partial charge in [0.2, 0.25) is 0 Å². The zero-order valence-corrected chi connectivity index (χ0v) is 11.3. The largest absolute Gasteiger partial charge is 0.378 e. The van der Waals surface area contributed by atoms with Crippen LogP contribution in [0.1, 0.15) is 45.4 Å². The van der Waals surface area contributed by atoms with E-state index in [9.17, 15) is 0 Å². The predicted molar refractivity (Wildman–Crippen MR) is 71.3 cm³/mol. The molecule has 0 aliphatic carbocycles. The molecule has 2 N–H and O–H groups in total. The summed E-state index contributed by atoms with van der Waals surface area (Å²) in [6, 6.07) is 0. The van der Waals surface area contributed by atoms with Crippen molar-refractivity contribution in [1.29, 1.82) is 0 Å². The van der Waals surface area contributed by atoms with Crippen LogP contribution in [0.2, 0.25) is 0 Å². The summed E-state index contributed by atoms with van der Waals surface area (Å²) >= 11 is 0. The third kappa shape index (κ3) is 3.94. The van der Waals surface area contributed by atoms with E-state index in [1.54, 1.807) is 0 Å². The first-order valence-electron chi connectivity index (χ1n) is 7.38. The minimum absolute atomic E-state index is 0.509. The molecule has 0 aromatic rings. The number of ether oxygens (including phenoxy) is 1. The van der Waals surface area contributed by atoms with Gasteiger partial charge in [-0.25, -0.2) is 0 Å². The van der Waals surface area contributed by atoms with E-state index < -0.39 is 0 Å². The number of hydrogen-bond donors (Lipinski definition) is 2. The molecular formula is C14H28N2O. The highest BCUT2D eigenvalue weighted by atomic mass is 16.5. The summed E-state index contributed by atoms with van der Waals surface area (Å²) in [6.45, 7) is 7.99. The lowest BCUT2D eigenvalue weighted by atomic mass is 9.78. The molecule has 2 heterocycles. The van der Waals surface area contributed by atoms with Crippen LogP contribution in [-0.2, 0) is 4.74 Å². The minimum atomic E-state index is 0.509. The van der Waals surface area contributed by atoms with Gasteiger partial charge in [-0.2, -0.15) is 0 Å². The molecule has 0 saturated carbocycles. The van der Waals surface area contributed by atoms with E-state index in [-0.39, 0.29) is 0 Å². The number of nitrogens with one attached hydrogen (secondary N) is 2. The van der Waals surface area contributed by atoms with Crippen molar-refractivity contribution in [3.63, 3.8) is 0 Å². The Morgan fingerprint density at radius 3 is 3.00 bits per heavy atom. The van der Waals surface area contributed by atoms with Gasteiger partial charge in [-0.15, -0.1) is 0 Å². The molecule has 2 fully saturated rings. The number of piperidine rings is 1. The van der Waals surface area contributed by atoms with Crippen LogP contribution in [0, 0.1) is 5.41 Å². The average molecular weight is 240 g/mol. The van der Waals surface area contributed by atoms with Gasteiger partial charge in [0.15, 0.2) is 0 Å². The van der Waals surface area contributed by atoms with Crippen molar-refractivity contribution in [2.45, 2.75) is 51.6 Å². The predicted octanol–water partition coefficient (Wildman–Crippen LogP) is 1.92. The van der Waals surface area contributed by atoms with Gasteiger partial charge >= 0.3 is 0 Å². The van der Waals surface area contributed by atoms with Gasteiger partial charge in [-0.3, -0.25) is 0 Å². The van der Waals surface area contributed by atoms with Crippen molar-refractivity contribution in [1.82, 2.24) is 10.6 Å². The van der Waals surface area contributed by atoms with Gasteiger partial charge < -0.3 is 15.4 Å². The van der Waals surface area contributed by atoms with Crippen LogP contribution < -0.4 is 10.6 Å². The molecule has 2 saturated heterocycles. The van der Waals surface area contributed by atoms with Crippen molar-refractivity contribution in [2.24, 2.45) is 5.41 Å². The van der Waals surface area contributed by atoms with E-state index in [4.69, 9.17) is 4.74 Å². The van der Waals surface area contributed by atoms with E-state index in [0.29, 0.717) is 11.5 Å². The van der Waals surface area contributed by atoms with Crippen molar-refractivity contribution in [3.05, 3.63) is 0 Å². The molecule has 0 aromatic carbocycles. The standard InChI is InChI=1S/C14H28N2O/c1-2-14(7-4-8-15-11-14)12-16-9-6-13-5-3-10-17-13/h13,15-16H,2-12H2,1H3. The second-order valence-corrected chi connectivity index (χ2v) is 5.73.